The molecule has 1 rings (SSSR count). The first-order valence-electron chi connectivity index (χ1n) is 11.1. The van der Waals surface area contributed by atoms with E-state index in [0.717, 1.165) is 12.0 Å². The fourth-order valence-corrected chi connectivity index (χ4v) is 3.20. The SMILES string of the molecule is C#CN(C(=O)C(CC(C)C)NC(=O)OC(C)(C)C)C(C(=O)NCC(=O)OC)c1cccc(C)c1O. The number of aryl methyl sites for hydroxylation is 1. The van der Waals surface area contributed by atoms with E-state index in [1.165, 1.54) is 6.07 Å². The van der Waals surface area contributed by atoms with Gasteiger partial charge in [0.05, 0.1) is 7.11 Å². The first-order valence-corrected chi connectivity index (χ1v) is 11.1. The molecule has 0 radical (unpaired) electrons. The number of phenolic OH excluding ortho intramolecular Hbond substituents is 1. The van der Waals surface area contributed by atoms with Crippen LogP contribution in [-0.2, 0) is 23.9 Å². The van der Waals surface area contributed by atoms with Gasteiger partial charge in [0.15, 0.2) is 6.04 Å². The van der Waals surface area contributed by atoms with Crippen molar-refractivity contribution in [2.24, 2.45) is 5.92 Å². The van der Waals surface area contributed by atoms with Gasteiger partial charge in [-0.2, -0.15) is 0 Å². The summed E-state index contributed by atoms with van der Waals surface area (Å²) in [6.45, 7) is 9.90. The second-order valence-electron chi connectivity index (χ2n) is 9.37. The summed E-state index contributed by atoms with van der Waals surface area (Å²) in [5, 5.41) is 15.6. The Bertz CT molecular complexity index is 976. The van der Waals surface area contributed by atoms with E-state index in [2.05, 4.69) is 21.4 Å². The van der Waals surface area contributed by atoms with Crippen LogP contribution in [0.3, 0.4) is 0 Å². The number of carbonyl (C=O) groups is 4. The molecule has 0 fully saturated rings. The number of rotatable bonds is 9. The zero-order chi connectivity index (χ0) is 26.9. The van der Waals surface area contributed by atoms with Crippen molar-refractivity contribution in [3.05, 3.63) is 29.3 Å². The van der Waals surface area contributed by atoms with Crippen LogP contribution in [0.25, 0.3) is 0 Å². The van der Waals surface area contributed by atoms with Gasteiger partial charge in [-0.15, -0.1) is 0 Å². The van der Waals surface area contributed by atoms with E-state index in [1.54, 1.807) is 39.8 Å². The second kappa shape index (κ2) is 12.6. The van der Waals surface area contributed by atoms with Crippen LogP contribution in [0.15, 0.2) is 18.2 Å². The fourth-order valence-electron chi connectivity index (χ4n) is 3.20. The van der Waals surface area contributed by atoms with Crippen molar-refractivity contribution in [3.63, 3.8) is 0 Å². The third-order valence-corrected chi connectivity index (χ3v) is 4.78. The summed E-state index contributed by atoms with van der Waals surface area (Å²) in [5.41, 5.74) is -0.298. The number of esters is 1. The lowest BCUT2D eigenvalue weighted by Crippen LogP contribution is -2.52. The molecular weight excluding hydrogens is 454 g/mol. The molecule has 0 aliphatic carbocycles. The Balaban J connectivity index is 3.44. The number of phenols is 1. The number of alkyl carbamates (subject to hydrolysis) is 1. The maximum Gasteiger partial charge on any atom is 0.408 e. The van der Waals surface area contributed by atoms with Gasteiger partial charge in [-0.1, -0.05) is 38.5 Å². The van der Waals surface area contributed by atoms with E-state index in [9.17, 15) is 24.3 Å². The van der Waals surface area contributed by atoms with Gasteiger partial charge in [0, 0.05) is 11.6 Å². The fraction of sp³-hybridized carbons (Fsp3) is 0.520. The molecule has 2 unspecified atom stereocenters. The summed E-state index contributed by atoms with van der Waals surface area (Å²) in [5.74, 6) is -2.56. The van der Waals surface area contributed by atoms with Gasteiger partial charge in [-0.05, 0) is 45.6 Å². The summed E-state index contributed by atoms with van der Waals surface area (Å²) >= 11 is 0. The molecule has 2 atom stereocenters. The lowest BCUT2D eigenvalue weighted by molar-refractivity contribution is -0.143. The molecule has 0 aromatic heterocycles. The van der Waals surface area contributed by atoms with Crippen molar-refractivity contribution in [2.45, 2.75) is 65.6 Å². The van der Waals surface area contributed by atoms with Crippen LogP contribution in [0.4, 0.5) is 4.79 Å². The maximum absolute atomic E-state index is 13.6. The van der Waals surface area contributed by atoms with E-state index in [-0.39, 0.29) is 23.7 Å². The topological polar surface area (TPSA) is 134 Å². The number of benzene rings is 1. The monoisotopic (exact) mass is 489 g/mol. The minimum Gasteiger partial charge on any atom is -0.507 e. The maximum atomic E-state index is 13.6. The number of ether oxygens (including phenoxy) is 2. The Hall–Kier alpha value is -3.74. The highest BCUT2D eigenvalue weighted by Crippen LogP contribution is 2.32. The molecule has 192 valence electrons. The number of para-hydroxylation sites is 1. The molecule has 3 N–H and O–H groups in total. The summed E-state index contributed by atoms with van der Waals surface area (Å²) in [6.07, 6.45) is 5.06. The van der Waals surface area contributed by atoms with Gasteiger partial charge in [0.1, 0.15) is 23.9 Å². The lowest BCUT2D eigenvalue weighted by atomic mass is 9.98. The molecule has 0 heterocycles. The smallest absolute Gasteiger partial charge is 0.408 e. The van der Waals surface area contributed by atoms with Crippen molar-refractivity contribution in [1.82, 2.24) is 15.5 Å². The molecule has 0 spiro atoms. The quantitative estimate of drug-likeness (QED) is 0.275. The lowest BCUT2D eigenvalue weighted by Gasteiger charge is -2.31. The number of nitrogens with zero attached hydrogens (tertiary/aromatic N) is 1. The Morgan fingerprint density at radius 1 is 1.20 bits per heavy atom. The molecule has 10 nitrogen and oxygen atoms in total. The summed E-state index contributed by atoms with van der Waals surface area (Å²) in [6, 6.07) is 4.25. The highest BCUT2D eigenvalue weighted by Gasteiger charge is 2.37. The van der Waals surface area contributed by atoms with Crippen molar-refractivity contribution in [1.29, 1.82) is 0 Å². The number of methoxy groups -OCH3 is 1. The van der Waals surface area contributed by atoms with Gasteiger partial charge < -0.3 is 25.2 Å². The van der Waals surface area contributed by atoms with Gasteiger partial charge in [0.2, 0.25) is 5.91 Å². The molecule has 1 aromatic rings. The van der Waals surface area contributed by atoms with Crippen molar-refractivity contribution in [3.8, 4) is 18.2 Å². The number of hydrogen-bond acceptors (Lipinski definition) is 7. The molecule has 10 heteroatoms. The zero-order valence-electron chi connectivity index (χ0n) is 21.3. The van der Waals surface area contributed by atoms with Crippen molar-refractivity contribution in [2.75, 3.05) is 13.7 Å². The summed E-state index contributed by atoms with van der Waals surface area (Å²) in [7, 11) is 1.16. The standard InChI is InChI=1S/C25H35N3O7/c1-9-28(23(32)18(13-15(2)3)27-24(33)35-25(5,6)7)20(22(31)26-14-19(29)34-8)17-12-10-11-16(4)21(17)30/h1,10-12,15,18,20,30H,13-14H2,2-8H3,(H,26,31)(H,27,33). The molecule has 1 aromatic carbocycles. The first kappa shape index (κ1) is 29.3. The van der Waals surface area contributed by atoms with E-state index < -0.39 is 48.1 Å². The van der Waals surface area contributed by atoms with Crippen LogP contribution in [0.1, 0.15) is 58.2 Å². The molecule has 0 saturated heterocycles. The van der Waals surface area contributed by atoms with Crippen LogP contribution < -0.4 is 10.6 Å². The number of carbonyl (C=O) groups excluding carboxylic acids is 4. The Morgan fingerprint density at radius 3 is 2.34 bits per heavy atom. The minimum absolute atomic E-state index is 0.0301. The predicted molar refractivity (Wildman–Crippen MR) is 129 cm³/mol. The van der Waals surface area contributed by atoms with Crippen molar-refractivity contribution < 1.29 is 33.8 Å². The van der Waals surface area contributed by atoms with Crippen LogP contribution in [-0.4, -0.2) is 59.2 Å². The molecule has 3 amide bonds. The Labute approximate surface area is 206 Å². The van der Waals surface area contributed by atoms with Gasteiger partial charge in [0.25, 0.3) is 5.91 Å². The number of aromatic hydroxyl groups is 1. The molecule has 0 bridgehead atoms. The third kappa shape index (κ3) is 8.85. The highest BCUT2D eigenvalue weighted by atomic mass is 16.6. The minimum atomic E-state index is -1.49. The number of nitrogens with one attached hydrogen (secondary N) is 2. The van der Waals surface area contributed by atoms with Gasteiger partial charge in [-0.25, -0.2) is 4.79 Å². The van der Waals surface area contributed by atoms with E-state index in [0.29, 0.717) is 5.56 Å². The van der Waals surface area contributed by atoms with Crippen LogP contribution in [0, 0.1) is 25.3 Å². The average molecular weight is 490 g/mol. The van der Waals surface area contributed by atoms with Gasteiger partial charge >= 0.3 is 12.1 Å². The molecule has 35 heavy (non-hydrogen) atoms. The normalized spacial score (nSPS) is 12.7. The molecule has 0 aliphatic rings. The summed E-state index contributed by atoms with van der Waals surface area (Å²) in [4.78, 5) is 51.5. The van der Waals surface area contributed by atoms with E-state index in [1.807, 2.05) is 13.8 Å². The molecule has 0 saturated carbocycles. The van der Waals surface area contributed by atoms with Crippen LogP contribution in [0.2, 0.25) is 0 Å². The predicted octanol–water partition coefficient (Wildman–Crippen LogP) is 2.39. The van der Waals surface area contributed by atoms with E-state index in [4.69, 9.17) is 11.2 Å². The van der Waals surface area contributed by atoms with Crippen LogP contribution >= 0.6 is 0 Å². The van der Waals surface area contributed by atoms with Crippen LogP contribution in [0.5, 0.6) is 5.75 Å². The third-order valence-electron chi connectivity index (χ3n) is 4.78. The number of amides is 3. The second-order valence-corrected chi connectivity index (χ2v) is 9.37. The Kier molecular flexibility index (Phi) is 10.6. The average Bonchev–Trinajstić information content (AvgIpc) is 2.75. The largest absolute Gasteiger partial charge is 0.507 e. The van der Waals surface area contributed by atoms with E-state index >= 15 is 0 Å². The van der Waals surface area contributed by atoms with Crippen molar-refractivity contribution >= 4 is 23.9 Å². The Morgan fingerprint density at radius 2 is 1.83 bits per heavy atom. The summed E-state index contributed by atoms with van der Waals surface area (Å²) < 4.78 is 9.82. The number of hydrogen-bond donors (Lipinski definition) is 3. The first-order chi connectivity index (χ1) is 16.2. The molecule has 0 aliphatic heterocycles. The molecular formula is C25H35N3O7. The number of terminal acetylenes is 1. The zero-order valence-corrected chi connectivity index (χ0v) is 21.3. The van der Waals surface area contributed by atoms with Gasteiger partial charge in [-0.3, -0.25) is 19.3 Å². The highest BCUT2D eigenvalue weighted by molar-refractivity contribution is 5.94.